The molecule has 18 heavy (non-hydrogen) atoms. The molecule has 6 heteroatoms. The number of rotatable bonds is 6. The van der Waals surface area contributed by atoms with Crippen molar-refractivity contribution in [1.29, 1.82) is 0 Å². The standard InChI is InChI=1S/C12H18N4O2/c1-4-13-9(3)11-15-16-12(18-11)14-7-10-6-5-8(2)17-10/h5-6,9,13H,4,7H2,1-3H3,(H,14,16). The third-order valence-electron chi connectivity index (χ3n) is 2.53. The smallest absolute Gasteiger partial charge is 0.315 e. The lowest BCUT2D eigenvalue weighted by molar-refractivity contribution is 0.426. The molecule has 0 amide bonds. The Morgan fingerprint density at radius 1 is 1.28 bits per heavy atom. The molecular weight excluding hydrogens is 232 g/mol. The highest BCUT2D eigenvalue weighted by Crippen LogP contribution is 2.14. The fourth-order valence-corrected chi connectivity index (χ4v) is 1.62. The molecule has 2 N–H and O–H groups in total. The minimum Gasteiger partial charge on any atom is -0.465 e. The first-order chi connectivity index (χ1) is 8.69. The Morgan fingerprint density at radius 3 is 2.78 bits per heavy atom. The van der Waals surface area contributed by atoms with Gasteiger partial charge in [-0.3, -0.25) is 0 Å². The molecule has 0 bridgehead atoms. The molecule has 0 aliphatic rings. The Balaban J connectivity index is 1.90. The third kappa shape index (κ3) is 3.10. The van der Waals surface area contributed by atoms with Crippen LogP contribution in [0.25, 0.3) is 0 Å². The number of hydrogen-bond acceptors (Lipinski definition) is 6. The summed E-state index contributed by atoms with van der Waals surface area (Å²) in [5.41, 5.74) is 0. The Kier molecular flexibility index (Phi) is 3.99. The summed E-state index contributed by atoms with van der Waals surface area (Å²) < 4.78 is 10.9. The topological polar surface area (TPSA) is 76.1 Å². The summed E-state index contributed by atoms with van der Waals surface area (Å²) >= 11 is 0. The molecule has 2 heterocycles. The van der Waals surface area contributed by atoms with Crippen LogP contribution in [-0.4, -0.2) is 16.7 Å². The summed E-state index contributed by atoms with van der Waals surface area (Å²) in [6.07, 6.45) is 0. The lowest BCUT2D eigenvalue weighted by Gasteiger charge is -2.05. The number of anilines is 1. The normalized spacial score (nSPS) is 12.6. The van der Waals surface area contributed by atoms with Gasteiger partial charge in [-0.05, 0) is 32.5 Å². The predicted octanol–water partition coefficient (Wildman–Crippen LogP) is 2.25. The molecular formula is C12H18N4O2. The lowest BCUT2D eigenvalue weighted by Crippen LogP contribution is -2.17. The van der Waals surface area contributed by atoms with Crippen molar-refractivity contribution in [2.24, 2.45) is 0 Å². The summed E-state index contributed by atoms with van der Waals surface area (Å²) in [6, 6.07) is 4.30. The maximum Gasteiger partial charge on any atom is 0.315 e. The molecule has 0 spiro atoms. The minimum atomic E-state index is 0.0592. The second-order valence-electron chi connectivity index (χ2n) is 4.09. The zero-order valence-electron chi connectivity index (χ0n) is 10.9. The molecule has 2 rings (SSSR count). The third-order valence-corrected chi connectivity index (χ3v) is 2.53. The number of aryl methyl sites for hydroxylation is 1. The molecule has 0 fully saturated rings. The number of nitrogens with one attached hydrogen (secondary N) is 2. The van der Waals surface area contributed by atoms with Crippen molar-refractivity contribution in [2.45, 2.75) is 33.4 Å². The molecule has 0 saturated carbocycles. The van der Waals surface area contributed by atoms with Crippen LogP contribution >= 0.6 is 0 Å². The average Bonchev–Trinajstić information content (AvgIpc) is 2.95. The monoisotopic (exact) mass is 250 g/mol. The summed E-state index contributed by atoms with van der Waals surface area (Å²) in [5.74, 6) is 2.31. The molecule has 2 aromatic rings. The van der Waals surface area contributed by atoms with Crippen molar-refractivity contribution < 1.29 is 8.83 Å². The minimum absolute atomic E-state index is 0.0592. The van der Waals surface area contributed by atoms with Gasteiger partial charge in [0.15, 0.2) is 0 Å². The fourth-order valence-electron chi connectivity index (χ4n) is 1.62. The highest BCUT2D eigenvalue weighted by molar-refractivity contribution is 5.20. The predicted molar refractivity (Wildman–Crippen MR) is 67.2 cm³/mol. The van der Waals surface area contributed by atoms with Gasteiger partial charge in [0.1, 0.15) is 11.5 Å². The van der Waals surface area contributed by atoms with E-state index in [2.05, 4.69) is 20.8 Å². The van der Waals surface area contributed by atoms with E-state index in [-0.39, 0.29) is 6.04 Å². The Labute approximate surface area is 106 Å². The van der Waals surface area contributed by atoms with Crippen LogP contribution in [0.3, 0.4) is 0 Å². The summed E-state index contributed by atoms with van der Waals surface area (Å²) in [6.45, 7) is 7.32. The van der Waals surface area contributed by atoms with Crippen LogP contribution in [0, 0.1) is 6.92 Å². The molecule has 98 valence electrons. The zero-order chi connectivity index (χ0) is 13.0. The van der Waals surface area contributed by atoms with Crippen molar-refractivity contribution in [3.63, 3.8) is 0 Å². The van der Waals surface area contributed by atoms with Gasteiger partial charge in [0, 0.05) is 0 Å². The van der Waals surface area contributed by atoms with Gasteiger partial charge in [-0.1, -0.05) is 12.0 Å². The molecule has 0 saturated heterocycles. The van der Waals surface area contributed by atoms with Crippen molar-refractivity contribution in [2.75, 3.05) is 11.9 Å². The van der Waals surface area contributed by atoms with Crippen LogP contribution in [0.1, 0.15) is 37.3 Å². The largest absolute Gasteiger partial charge is 0.465 e. The molecule has 6 nitrogen and oxygen atoms in total. The molecule has 0 aromatic carbocycles. The van der Waals surface area contributed by atoms with Gasteiger partial charge < -0.3 is 19.5 Å². The van der Waals surface area contributed by atoms with Gasteiger partial charge in [0.2, 0.25) is 5.89 Å². The summed E-state index contributed by atoms with van der Waals surface area (Å²) in [7, 11) is 0. The van der Waals surface area contributed by atoms with Gasteiger partial charge in [0.25, 0.3) is 0 Å². The molecule has 0 radical (unpaired) electrons. The molecule has 2 aromatic heterocycles. The van der Waals surface area contributed by atoms with Crippen LogP contribution in [0.2, 0.25) is 0 Å². The van der Waals surface area contributed by atoms with Gasteiger partial charge in [-0.15, -0.1) is 5.10 Å². The van der Waals surface area contributed by atoms with E-state index < -0.39 is 0 Å². The van der Waals surface area contributed by atoms with E-state index in [0.717, 1.165) is 18.1 Å². The fraction of sp³-hybridized carbons (Fsp3) is 0.500. The van der Waals surface area contributed by atoms with Gasteiger partial charge >= 0.3 is 6.01 Å². The Bertz CT molecular complexity index is 492. The van der Waals surface area contributed by atoms with E-state index in [1.165, 1.54) is 0 Å². The van der Waals surface area contributed by atoms with E-state index in [0.29, 0.717) is 18.5 Å². The molecule has 1 atom stereocenters. The van der Waals surface area contributed by atoms with E-state index in [9.17, 15) is 0 Å². The molecule has 0 aliphatic carbocycles. The van der Waals surface area contributed by atoms with Gasteiger partial charge in [0.05, 0.1) is 12.6 Å². The Morgan fingerprint density at radius 2 is 2.11 bits per heavy atom. The van der Waals surface area contributed by atoms with Crippen LogP contribution in [0.4, 0.5) is 6.01 Å². The lowest BCUT2D eigenvalue weighted by atomic mass is 10.3. The van der Waals surface area contributed by atoms with E-state index in [1.807, 2.05) is 32.9 Å². The first-order valence-electron chi connectivity index (χ1n) is 6.05. The highest BCUT2D eigenvalue weighted by Gasteiger charge is 2.12. The first kappa shape index (κ1) is 12.6. The quantitative estimate of drug-likeness (QED) is 0.819. The van der Waals surface area contributed by atoms with E-state index in [4.69, 9.17) is 8.83 Å². The molecule has 0 aliphatic heterocycles. The number of hydrogen-bond donors (Lipinski definition) is 2. The van der Waals surface area contributed by atoms with Crippen LogP contribution in [0.15, 0.2) is 21.0 Å². The van der Waals surface area contributed by atoms with Crippen molar-refractivity contribution in [1.82, 2.24) is 15.5 Å². The van der Waals surface area contributed by atoms with Crippen molar-refractivity contribution in [3.05, 3.63) is 29.5 Å². The van der Waals surface area contributed by atoms with Crippen LogP contribution in [-0.2, 0) is 6.54 Å². The van der Waals surface area contributed by atoms with Crippen molar-refractivity contribution >= 4 is 6.01 Å². The first-order valence-corrected chi connectivity index (χ1v) is 6.05. The van der Waals surface area contributed by atoms with Gasteiger partial charge in [-0.25, -0.2) is 0 Å². The average molecular weight is 250 g/mol. The summed E-state index contributed by atoms with van der Waals surface area (Å²) in [4.78, 5) is 0. The van der Waals surface area contributed by atoms with Crippen molar-refractivity contribution in [3.8, 4) is 0 Å². The second-order valence-corrected chi connectivity index (χ2v) is 4.09. The molecule has 1 unspecified atom stereocenters. The second kappa shape index (κ2) is 5.68. The van der Waals surface area contributed by atoms with E-state index in [1.54, 1.807) is 0 Å². The maximum absolute atomic E-state index is 5.49. The summed E-state index contributed by atoms with van der Waals surface area (Å²) in [5, 5.41) is 14.2. The maximum atomic E-state index is 5.49. The Hall–Kier alpha value is -1.82. The SMILES string of the molecule is CCNC(C)c1nnc(NCc2ccc(C)o2)o1. The van der Waals surface area contributed by atoms with Crippen LogP contribution in [0.5, 0.6) is 0 Å². The van der Waals surface area contributed by atoms with Gasteiger partial charge in [-0.2, -0.15) is 0 Å². The number of nitrogens with zero attached hydrogens (tertiary/aromatic N) is 2. The zero-order valence-corrected chi connectivity index (χ0v) is 10.9. The van der Waals surface area contributed by atoms with E-state index >= 15 is 0 Å². The van der Waals surface area contributed by atoms with Crippen LogP contribution < -0.4 is 10.6 Å². The highest BCUT2D eigenvalue weighted by atomic mass is 16.4. The number of aromatic nitrogens is 2. The number of furan rings is 1.